The Morgan fingerprint density at radius 1 is 1.28 bits per heavy atom. The molecule has 0 atom stereocenters. The zero-order chi connectivity index (χ0) is 12.8. The first-order valence-electron chi connectivity index (χ1n) is 5.66. The molecule has 1 amide bonds. The number of hydrogen-bond donors (Lipinski definition) is 1. The third-order valence-electron chi connectivity index (χ3n) is 2.53. The third-order valence-corrected chi connectivity index (χ3v) is 2.70. The molecule has 0 bridgehead atoms. The van der Waals surface area contributed by atoms with Gasteiger partial charge in [-0.2, -0.15) is 0 Å². The van der Waals surface area contributed by atoms with E-state index in [9.17, 15) is 4.79 Å². The lowest BCUT2D eigenvalue weighted by atomic mass is 10.1. The van der Waals surface area contributed by atoms with E-state index in [2.05, 4.69) is 10.3 Å². The summed E-state index contributed by atoms with van der Waals surface area (Å²) < 4.78 is 0. The fourth-order valence-electron chi connectivity index (χ4n) is 1.69. The van der Waals surface area contributed by atoms with E-state index in [4.69, 9.17) is 11.6 Å². The zero-order valence-corrected chi connectivity index (χ0v) is 10.5. The van der Waals surface area contributed by atoms with Gasteiger partial charge in [-0.05, 0) is 18.2 Å². The maximum absolute atomic E-state index is 12.0. The van der Waals surface area contributed by atoms with Crippen molar-refractivity contribution in [2.45, 2.75) is 0 Å². The van der Waals surface area contributed by atoms with E-state index in [-0.39, 0.29) is 5.91 Å². The number of alkyl halides is 1. The molecule has 0 aliphatic rings. The molecule has 0 saturated carbocycles. The van der Waals surface area contributed by atoms with Crippen LogP contribution in [0.1, 0.15) is 10.4 Å². The maximum atomic E-state index is 12.0. The number of carbonyl (C=O) groups excluding carboxylic acids is 1. The zero-order valence-electron chi connectivity index (χ0n) is 9.77. The van der Waals surface area contributed by atoms with E-state index in [1.54, 1.807) is 18.3 Å². The van der Waals surface area contributed by atoms with Gasteiger partial charge in [0.25, 0.3) is 5.91 Å². The molecule has 0 spiro atoms. The van der Waals surface area contributed by atoms with Crippen molar-refractivity contribution < 1.29 is 4.79 Å². The summed E-state index contributed by atoms with van der Waals surface area (Å²) in [5, 5.41) is 3.67. The Balaban J connectivity index is 2.20. The minimum Gasteiger partial charge on any atom is -0.349 e. The number of amides is 1. The van der Waals surface area contributed by atoms with Crippen molar-refractivity contribution >= 4 is 28.4 Å². The van der Waals surface area contributed by atoms with Crippen LogP contribution in [-0.4, -0.2) is 23.3 Å². The smallest absolute Gasteiger partial charge is 0.252 e. The van der Waals surface area contributed by atoms with E-state index in [1.165, 1.54) is 0 Å². The molecule has 4 heteroatoms. The first-order chi connectivity index (χ1) is 8.83. The lowest BCUT2D eigenvalue weighted by Gasteiger charge is -2.05. The topological polar surface area (TPSA) is 42.0 Å². The number of rotatable bonds is 4. The van der Waals surface area contributed by atoms with E-state index < -0.39 is 0 Å². The summed E-state index contributed by atoms with van der Waals surface area (Å²) in [4.78, 5) is 16.2. The molecule has 18 heavy (non-hydrogen) atoms. The Bertz CT molecular complexity index is 576. The Labute approximate surface area is 110 Å². The highest BCUT2D eigenvalue weighted by molar-refractivity contribution is 6.18. The van der Waals surface area contributed by atoms with Gasteiger partial charge in [-0.1, -0.05) is 24.3 Å². The van der Waals surface area contributed by atoms with Crippen LogP contribution in [0.2, 0.25) is 0 Å². The second-order valence-corrected chi connectivity index (χ2v) is 4.02. The summed E-state index contributed by atoms with van der Waals surface area (Å²) in [5.41, 5.74) is 1.46. The van der Waals surface area contributed by atoms with E-state index in [0.717, 1.165) is 10.9 Å². The molecule has 1 N–H and O–H groups in total. The lowest BCUT2D eigenvalue weighted by molar-refractivity contribution is 0.0959. The number of halogens is 1. The standard InChI is InChI=1S/C14H13ClN2O/c15-8-1-2-9-17-14(18)12-5-3-7-13-11(12)6-4-10-16-13/h1-7,10H,8-9H2,(H,17,18)/b2-1+. The second kappa shape index (κ2) is 6.17. The van der Waals surface area contributed by atoms with Gasteiger partial charge in [0.05, 0.1) is 5.52 Å². The summed E-state index contributed by atoms with van der Waals surface area (Å²) in [7, 11) is 0. The number of allylic oxidation sites excluding steroid dienone is 1. The number of aromatic nitrogens is 1. The molecule has 1 aromatic carbocycles. The average Bonchev–Trinajstić information content (AvgIpc) is 2.43. The fourth-order valence-corrected chi connectivity index (χ4v) is 1.82. The van der Waals surface area contributed by atoms with Gasteiger partial charge in [0.15, 0.2) is 0 Å². The monoisotopic (exact) mass is 260 g/mol. The van der Waals surface area contributed by atoms with Crippen molar-refractivity contribution in [2.24, 2.45) is 0 Å². The number of fused-ring (bicyclic) bond motifs is 1. The van der Waals surface area contributed by atoms with Crippen molar-refractivity contribution in [3.8, 4) is 0 Å². The van der Waals surface area contributed by atoms with Crippen molar-refractivity contribution in [1.29, 1.82) is 0 Å². The van der Waals surface area contributed by atoms with Crippen LogP contribution in [0, 0.1) is 0 Å². The quantitative estimate of drug-likeness (QED) is 0.678. The molecular formula is C14H13ClN2O. The maximum Gasteiger partial charge on any atom is 0.252 e. The molecule has 2 rings (SSSR count). The van der Waals surface area contributed by atoms with Crippen LogP contribution in [0.3, 0.4) is 0 Å². The molecule has 2 aromatic rings. The SMILES string of the molecule is O=C(NC/C=C/CCl)c1cccc2ncccc12. The molecule has 0 saturated heterocycles. The van der Waals surface area contributed by atoms with Crippen LogP contribution >= 0.6 is 11.6 Å². The van der Waals surface area contributed by atoms with Crippen LogP contribution < -0.4 is 5.32 Å². The number of nitrogens with zero attached hydrogens (tertiary/aromatic N) is 1. The average molecular weight is 261 g/mol. The van der Waals surface area contributed by atoms with E-state index in [0.29, 0.717) is 18.0 Å². The highest BCUT2D eigenvalue weighted by Gasteiger charge is 2.08. The molecule has 1 heterocycles. The van der Waals surface area contributed by atoms with Crippen molar-refractivity contribution in [2.75, 3.05) is 12.4 Å². The second-order valence-electron chi connectivity index (χ2n) is 3.71. The van der Waals surface area contributed by atoms with Crippen molar-refractivity contribution in [1.82, 2.24) is 10.3 Å². The molecule has 92 valence electrons. The van der Waals surface area contributed by atoms with Gasteiger partial charge in [0.2, 0.25) is 0 Å². The predicted octanol–water partition coefficient (Wildman–Crippen LogP) is 2.76. The Morgan fingerprint density at radius 3 is 3.00 bits per heavy atom. The summed E-state index contributed by atoms with van der Waals surface area (Å²) in [6, 6.07) is 9.24. The van der Waals surface area contributed by atoms with E-state index >= 15 is 0 Å². The molecule has 0 unspecified atom stereocenters. The number of carbonyl (C=O) groups is 1. The van der Waals surface area contributed by atoms with Gasteiger partial charge in [0.1, 0.15) is 0 Å². The molecule has 0 aliphatic carbocycles. The number of pyridine rings is 1. The van der Waals surface area contributed by atoms with Crippen LogP contribution in [0.25, 0.3) is 10.9 Å². The molecule has 0 radical (unpaired) electrons. The summed E-state index contributed by atoms with van der Waals surface area (Å²) in [5.74, 6) is 0.349. The third kappa shape index (κ3) is 2.87. The molecular weight excluding hydrogens is 248 g/mol. The number of hydrogen-bond acceptors (Lipinski definition) is 2. The largest absolute Gasteiger partial charge is 0.349 e. The fraction of sp³-hybridized carbons (Fsp3) is 0.143. The van der Waals surface area contributed by atoms with Gasteiger partial charge in [-0.3, -0.25) is 9.78 Å². The lowest BCUT2D eigenvalue weighted by Crippen LogP contribution is -2.23. The predicted molar refractivity (Wildman–Crippen MR) is 73.9 cm³/mol. The van der Waals surface area contributed by atoms with Gasteiger partial charge in [-0.15, -0.1) is 11.6 Å². The van der Waals surface area contributed by atoms with Gasteiger partial charge in [0, 0.05) is 29.6 Å². The highest BCUT2D eigenvalue weighted by atomic mass is 35.5. The summed E-state index contributed by atoms with van der Waals surface area (Å²) in [6.45, 7) is 0.474. The first-order valence-corrected chi connectivity index (χ1v) is 6.19. The molecule has 1 aromatic heterocycles. The number of nitrogens with one attached hydrogen (secondary N) is 1. The Hall–Kier alpha value is -1.87. The van der Waals surface area contributed by atoms with Crippen molar-refractivity contribution in [3.63, 3.8) is 0 Å². The summed E-state index contributed by atoms with van der Waals surface area (Å²) >= 11 is 5.50. The van der Waals surface area contributed by atoms with Crippen molar-refractivity contribution in [3.05, 3.63) is 54.2 Å². The molecule has 0 aliphatic heterocycles. The minimum atomic E-state index is -0.104. The van der Waals surface area contributed by atoms with Gasteiger partial charge < -0.3 is 5.32 Å². The van der Waals surface area contributed by atoms with Crippen LogP contribution in [0.5, 0.6) is 0 Å². The number of benzene rings is 1. The van der Waals surface area contributed by atoms with Crippen LogP contribution in [-0.2, 0) is 0 Å². The van der Waals surface area contributed by atoms with Crippen LogP contribution in [0.15, 0.2) is 48.7 Å². The summed E-state index contributed by atoms with van der Waals surface area (Å²) in [6.07, 6.45) is 5.34. The van der Waals surface area contributed by atoms with Gasteiger partial charge in [-0.25, -0.2) is 0 Å². The molecule has 0 fully saturated rings. The van der Waals surface area contributed by atoms with E-state index in [1.807, 2.05) is 30.3 Å². The first kappa shape index (κ1) is 12.6. The van der Waals surface area contributed by atoms with Gasteiger partial charge >= 0.3 is 0 Å². The minimum absolute atomic E-state index is 0.104. The normalized spacial score (nSPS) is 10.9. The van der Waals surface area contributed by atoms with Crippen LogP contribution in [0.4, 0.5) is 0 Å². The molecule has 3 nitrogen and oxygen atoms in total. The highest BCUT2D eigenvalue weighted by Crippen LogP contribution is 2.15. The Morgan fingerprint density at radius 2 is 2.17 bits per heavy atom. The Kier molecular flexibility index (Phi) is 4.31.